The quantitative estimate of drug-likeness (QED) is 0.457. The van der Waals surface area contributed by atoms with Gasteiger partial charge in [-0.25, -0.2) is 0 Å². The molecule has 0 aliphatic rings. The van der Waals surface area contributed by atoms with Crippen LogP contribution in [-0.2, 0) is 0 Å². The maximum Gasteiger partial charge on any atom is 0.306 e. The summed E-state index contributed by atoms with van der Waals surface area (Å²) in [6, 6.07) is 10.8. The number of anilines is 2. The van der Waals surface area contributed by atoms with Gasteiger partial charge in [0.25, 0.3) is 5.91 Å². The number of halogens is 1. The number of para-hydroxylation sites is 2. The van der Waals surface area contributed by atoms with E-state index in [2.05, 4.69) is 10.7 Å². The van der Waals surface area contributed by atoms with E-state index in [1.807, 2.05) is 0 Å². The molecule has 0 aromatic heterocycles. The number of hydrogen-bond donors (Lipinski definition) is 3. The maximum absolute atomic E-state index is 12.2. The van der Waals surface area contributed by atoms with Gasteiger partial charge < -0.3 is 10.7 Å². The molecule has 2 aromatic carbocycles. The number of nitrogens with one attached hydrogen (secondary N) is 2. The van der Waals surface area contributed by atoms with Crippen LogP contribution in [0.1, 0.15) is 10.4 Å². The Morgan fingerprint density at radius 3 is 2.43 bits per heavy atom. The van der Waals surface area contributed by atoms with E-state index >= 15 is 0 Å². The van der Waals surface area contributed by atoms with Gasteiger partial charge in [0.15, 0.2) is 0 Å². The molecule has 0 radical (unpaired) electrons. The number of carbonyl (C=O) groups is 1. The summed E-state index contributed by atoms with van der Waals surface area (Å²) < 4.78 is 0. The van der Waals surface area contributed by atoms with Gasteiger partial charge in [-0.2, -0.15) is 0 Å². The van der Waals surface area contributed by atoms with Crippen LogP contribution in [0.4, 0.5) is 17.1 Å². The SMILES string of the molecule is NNc1cccc(C(=O)Nc2ccccc2Cl)c1[N+](=O)[O-]. The smallest absolute Gasteiger partial charge is 0.306 e. The molecule has 0 saturated heterocycles. The van der Waals surface area contributed by atoms with Crippen LogP contribution in [0.5, 0.6) is 0 Å². The first-order chi connectivity index (χ1) is 10.0. The van der Waals surface area contributed by atoms with Crippen LogP contribution in [0.3, 0.4) is 0 Å². The summed E-state index contributed by atoms with van der Waals surface area (Å²) in [7, 11) is 0. The zero-order valence-electron chi connectivity index (χ0n) is 10.7. The van der Waals surface area contributed by atoms with E-state index < -0.39 is 16.5 Å². The van der Waals surface area contributed by atoms with Gasteiger partial charge in [-0.3, -0.25) is 20.8 Å². The fourth-order valence-corrected chi connectivity index (χ4v) is 1.98. The van der Waals surface area contributed by atoms with Crippen LogP contribution < -0.4 is 16.6 Å². The molecule has 8 heteroatoms. The molecule has 0 saturated carbocycles. The predicted molar refractivity (Wildman–Crippen MR) is 80.3 cm³/mol. The molecule has 2 rings (SSSR count). The lowest BCUT2D eigenvalue weighted by Crippen LogP contribution is -2.16. The van der Waals surface area contributed by atoms with Gasteiger partial charge in [-0.1, -0.05) is 29.8 Å². The van der Waals surface area contributed by atoms with E-state index in [4.69, 9.17) is 17.4 Å². The molecule has 21 heavy (non-hydrogen) atoms. The Morgan fingerprint density at radius 1 is 1.14 bits per heavy atom. The van der Waals surface area contributed by atoms with Crippen molar-refractivity contribution in [2.75, 3.05) is 10.7 Å². The highest BCUT2D eigenvalue weighted by molar-refractivity contribution is 6.34. The summed E-state index contributed by atoms with van der Waals surface area (Å²) in [5.41, 5.74) is 2.10. The van der Waals surface area contributed by atoms with Crippen molar-refractivity contribution in [3.05, 3.63) is 63.2 Å². The molecule has 108 valence electrons. The van der Waals surface area contributed by atoms with E-state index in [-0.39, 0.29) is 11.3 Å². The van der Waals surface area contributed by atoms with Crippen LogP contribution >= 0.6 is 11.6 Å². The van der Waals surface area contributed by atoms with Gasteiger partial charge in [0.05, 0.1) is 15.6 Å². The zero-order valence-corrected chi connectivity index (χ0v) is 11.4. The Morgan fingerprint density at radius 2 is 1.81 bits per heavy atom. The monoisotopic (exact) mass is 306 g/mol. The highest BCUT2D eigenvalue weighted by atomic mass is 35.5. The second kappa shape index (κ2) is 6.21. The van der Waals surface area contributed by atoms with Gasteiger partial charge >= 0.3 is 5.69 Å². The van der Waals surface area contributed by atoms with Crippen molar-refractivity contribution in [2.24, 2.45) is 5.84 Å². The standard InChI is InChI=1S/C13H11ClN4O3/c14-9-5-1-2-6-10(9)16-13(19)8-4-3-7-11(17-15)12(8)18(20)21/h1-7,17H,15H2,(H,16,19). The lowest BCUT2D eigenvalue weighted by molar-refractivity contribution is -0.384. The second-order valence-electron chi connectivity index (χ2n) is 4.04. The summed E-state index contributed by atoms with van der Waals surface area (Å²) in [6.07, 6.45) is 0. The van der Waals surface area contributed by atoms with Crippen LogP contribution in [0, 0.1) is 10.1 Å². The molecule has 0 aliphatic heterocycles. The van der Waals surface area contributed by atoms with Gasteiger partial charge in [0, 0.05) is 0 Å². The first-order valence-corrected chi connectivity index (χ1v) is 6.22. The van der Waals surface area contributed by atoms with Gasteiger partial charge in [-0.15, -0.1) is 0 Å². The van der Waals surface area contributed by atoms with E-state index in [0.717, 1.165) is 0 Å². The molecule has 7 nitrogen and oxygen atoms in total. The number of benzene rings is 2. The fourth-order valence-electron chi connectivity index (χ4n) is 1.79. The van der Waals surface area contributed by atoms with Gasteiger partial charge in [0.2, 0.25) is 0 Å². The number of nitro groups is 1. The first kappa shape index (κ1) is 14.8. The number of nitrogens with zero attached hydrogens (tertiary/aromatic N) is 1. The van der Waals surface area contributed by atoms with Crippen molar-refractivity contribution in [3.63, 3.8) is 0 Å². The third kappa shape index (κ3) is 3.10. The van der Waals surface area contributed by atoms with Gasteiger partial charge in [0.1, 0.15) is 11.3 Å². The largest absolute Gasteiger partial charge is 0.320 e. The van der Waals surface area contributed by atoms with E-state index in [0.29, 0.717) is 10.7 Å². The van der Waals surface area contributed by atoms with Crippen molar-refractivity contribution >= 4 is 34.6 Å². The molecular formula is C13H11ClN4O3. The average Bonchev–Trinajstić information content (AvgIpc) is 2.48. The minimum Gasteiger partial charge on any atom is -0.320 e. The molecule has 2 aromatic rings. The Labute approximate surface area is 124 Å². The molecule has 0 bridgehead atoms. The summed E-state index contributed by atoms with van der Waals surface area (Å²) in [6.45, 7) is 0. The normalized spacial score (nSPS) is 10.0. The van der Waals surface area contributed by atoms with E-state index in [1.54, 1.807) is 24.3 Å². The van der Waals surface area contributed by atoms with Gasteiger partial charge in [-0.05, 0) is 24.3 Å². The number of nitro benzene ring substituents is 1. The summed E-state index contributed by atoms with van der Waals surface area (Å²) in [4.78, 5) is 22.7. The second-order valence-corrected chi connectivity index (χ2v) is 4.44. The average molecular weight is 307 g/mol. The number of rotatable bonds is 4. The Kier molecular flexibility index (Phi) is 4.36. The topological polar surface area (TPSA) is 110 Å². The van der Waals surface area contributed by atoms with Crippen LogP contribution in [0.15, 0.2) is 42.5 Å². The molecule has 4 N–H and O–H groups in total. The predicted octanol–water partition coefficient (Wildman–Crippen LogP) is 2.79. The molecule has 0 aliphatic carbocycles. The minimum atomic E-state index is -0.670. The Bertz CT molecular complexity index is 706. The molecule has 0 fully saturated rings. The fraction of sp³-hybridized carbons (Fsp3) is 0. The summed E-state index contributed by atoms with van der Waals surface area (Å²) in [5.74, 6) is 4.58. The number of carbonyl (C=O) groups excluding carboxylic acids is 1. The first-order valence-electron chi connectivity index (χ1n) is 5.84. The Balaban J connectivity index is 2.40. The zero-order chi connectivity index (χ0) is 15.4. The van der Waals surface area contributed by atoms with Crippen molar-refractivity contribution < 1.29 is 9.72 Å². The van der Waals surface area contributed by atoms with Crippen LogP contribution in [0.2, 0.25) is 5.02 Å². The molecular weight excluding hydrogens is 296 g/mol. The third-order valence-electron chi connectivity index (χ3n) is 2.74. The Hall–Kier alpha value is -2.64. The van der Waals surface area contributed by atoms with Crippen LogP contribution in [0.25, 0.3) is 0 Å². The van der Waals surface area contributed by atoms with E-state index in [9.17, 15) is 14.9 Å². The maximum atomic E-state index is 12.2. The lowest BCUT2D eigenvalue weighted by Gasteiger charge is -2.09. The molecule has 0 heterocycles. The molecule has 0 spiro atoms. The van der Waals surface area contributed by atoms with Crippen molar-refractivity contribution in [1.29, 1.82) is 0 Å². The van der Waals surface area contributed by atoms with Crippen molar-refractivity contribution in [3.8, 4) is 0 Å². The molecule has 0 atom stereocenters. The van der Waals surface area contributed by atoms with Crippen molar-refractivity contribution in [2.45, 2.75) is 0 Å². The van der Waals surface area contributed by atoms with E-state index in [1.165, 1.54) is 18.2 Å². The number of amides is 1. The molecule has 0 unspecified atom stereocenters. The lowest BCUT2D eigenvalue weighted by atomic mass is 10.1. The number of hydrogen-bond acceptors (Lipinski definition) is 5. The van der Waals surface area contributed by atoms with Crippen LogP contribution in [-0.4, -0.2) is 10.8 Å². The summed E-state index contributed by atoms with van der Waals surface area (Å²) >= 11 is 5.94. The third-order valence-corrected chi connectivity index (χ3v) is 3.07. The summed E-state index contributed by atoms with van der Waals surface area (Å²) in [5, 5.41) is 14.0. The molecule has 1 amide bonds. The number of nitrogen functional groups attached to an aromatic ring is 1. The number of hydrazine groups is 1. The highest BCUT2D eigenvalue weighted by Gasteiger charge is 2.24. The van der Waals surface area contributed by atoms with Crippen molar-refractivity contribution in [1.82, 2.24) is 0 Å². The highest BCUT2D eigenvalue weighted by Crippen LogP contribution is 2.29. The number of nitrogens with two attached hydrogens (primary N) is 1. The minimum absolute atomic E-state index is 0.0480.